The summed E-state index contributed by atoms with van der Waals surface area (Å²) in [6.07, 6.45) is 0.272. The Balaban J connectivity index is 0.000000980. The maximum absolute atomic E-state index is 7.08. The Labute approximate surface area is 87.0 Å². The zero-order valence-electron chi connectivity index (χ0n) is 7.36. The molecule has 14 heavy (non-hydrogen) atoms. The molecular weight excluding hydrogens is 202 g/mol. The minimum Gasteiger partial charge on any atom is -0.440 e. The fourth-order valence-electron chi connectivity index (χ4n) is 1.16. The largest absolute Gasteiger partial charge is 0.440 e. The molecular formula is C9H10ClN3O. The lowest BCUT2D eigenvalue weighted by atomic mass is 10.3. The summed E-state index contributed by atoms with van der Waals surface area (Å²) >= 11 is 0. The van der Waals surface area contributed by atoms with Crippen molar-refractivity contribution in [1.82, 2.24) is 4.98 Å². The lowest BCUT2D eigenvalue weighted by Crippen LogP contribution is -2.12. The number of benzene rings is 1. The fraction of sp³-hybridized carbons (Fsp3) is 0.111. The number of nitrogens with one attached hydrogen (secondary N) is 1. The number of nitrogens with zero attached hydrogens (tertiary/aromatic N) is 1. The molecule has 0 aliphatic heterocycles. The SMILES string of the molecule is Cl.N=C(N)Cc1nc2ccccc2o1. The van der Waals surface area contributed by atoms with Gasteiger partial charge in [-0.15, -0.1) is 12.4 Å². The van der Waals surface area contributed by atoms with Crippen molar-refractivity contribution in [2.24, 2.45) is 5.73 Å². The van der Waals surface area contributed by atoms with Gasteiger partial charge in [0.05, 0.1) is 12.3 Å². The molecule has 0 saturated carbocycles. The molecule has 0 spiro atoms. The molecule has 1 aromatic carbocycles. The molecule has 74 valence electrons. The first-order chi connectivity index (χ1) is 6.25. The minimum atomic E-state index is 0. The molecule has 1 heterocycles. The number of oxazole rings is 1. The van der Waals surface area contributed by atoms with Crippen molar-refractivity contribution in [2.45, 2.75) is 6.42 Å². The van der Waals surface area contributed by atoms with Gasteiger partial charge in [0.25, 0.3) is 0 Å². The van der Waals surface area contributed by atoms with E-state index in [-0.39, 0.29) is 24.7 Å². The Hall–Kier alpha value is -1.55. The summed E-state index contributed by atoms with van der Waals surface area (Å²) in [5.41, 5.74) is 6.77. The summed E-state index contributed by atoms with van der Waals surface area (Å²) in [5, 5.41) is 7.08. The van der Waals surface area contributed by atoms with Gasteiger partial charge in [-0.05, 0) is 12.1 Å². The van der Waals surface area contributed by atoms with Crippen LogP contribution in [-0.2, 0) is 6.42 Å². The van der Waals surface area contributed by atoms with Crippen LogP contribution in [0.1, 0.15) is 5.89 Å². The van der Waals surface area contributed by atoms with Crippen molar-refractivity contribution in [3.8, 4) is 0 Å². The molecule has 0 aliphatic carbocycles. The van der Waals surface area contributed by atoms with E-state index < -0.39 is 0 Å². The van der Waals surface area contributed by atoms with E-state index in [0.717, 1.165) is 11.1 Å². The number of fused-ring (bicyclic) bond motifs is 1. The summed E-state index contributed by atoms with van der Waals surface area (Å²) in [4.78, 5) is 4.17. The lowest BCUT2D eigenvalue weighted by Gasteiger charge is -1.88. The van der Waals surface area contributed by atoms with E-state index in [1.165, 1.54) is 0 Å². The molecule has 5 heteroatoms. The first-order valence-corrected chi connectivity index (χ1v) is 3.93. The molecule has 1 aromatic heterocycles. The molecule has 0 unspecified atom stereocenters. The molecule has 0 bridgehead atoms. The van der Waals surface area contributed by atoms with Gasteiger partial charge in [-0.2, -0.15) is 0 Å². The second-order valence-corrected chi connectivity index (χ2v) is 2.78. The van der Waals surface area contributed by atoms with Crippen molar-refractivity contribution in [1.29, 1.82) is 5.41 Å². The zero-order chi connectivity index (χ0) is 9.26. The van der Waals surface area contributed by atoms with E-state index in [0.29, 0.717) is 5.89 Å². The van der Waals surface area contributed by atoms with Crippen LogP contribution in [0, 0.1) is 5.41 Å². The van der Waals surface area contributed by atoms with Crippen LogP contribution >= 0.6 is 12.4 Å². The van der Waals surface area contributed by atoms with Crippen LogP contribution in [0.3, 0.4) is 0 Å². The monoisotopic (exact) mass is 211 g/mol. The van der Waals surface area contributed by atoms with Gasteiger partial charge in [0, 0.05) is 0 Å². The second kappa shape index (κ2) is 4.11. The molecule has 0 radical (unpaired) electrons. The predicted molar refractivity (Wildman–Crippen MR) is 56.9 cm³/mol. The number of halogens is 1. The number of rotatable bonds is 2. The smallest absolute Gasteiger partial charge is 0.203 e. The highest BCUT2D eigenvalue weighted by Gasteiger charge is 2.04. The Bertz CT molecular complexity index is 419. The third-order valence-corrected chi connectivity index (χ3v) is 1.68. The number of hydrogen-bond donors (Lipinski definition) is 2. The van der Waals surface area contributed by atoms with Crippen LogP contribution in [0.25, 0.3) is 11.1 Å². The number of hydrogen-bond acceptors (Lipinski definition) is 3. The van der Waals surface area contributed by atoms with Crippen LogP contribution in [0.5, 0.6) is 0 Å². The maximum Gasteiger partial charge on any atom is 0.203 e. The van der Waals surface area contributed by atoms with E-state index in [1.807, 2.05) is 24.3 Å². The normalized spacial score (nSPS) is 9.71. The van der Waals surface area contributed by atoms with Gasteiger partial charge in [0.1, 0.15) is 5.52 Å². The molecule has 0 amide bonds. The van der Waals surface area contributed by atoms with Crippen molar-refractivity contribution < 1.29 is 4.42 Å². The molecule has 4 nitrogen and oxygen atoms in total. The molecule has 0 atom stereocenters. The first-order valence-electron chi connectivity index (χ1n) is 3.93. The topological polar surface area (TPSA) is 75.9 Å². The second-order valence-electron chi connectivity index (χ2n) is 2.78. The summed E-state index contributed by atoms with van der Waals surface area (Å²) in [7, 11) is 0. The van der Waals surface area contributed by atoms with Gasteiger partial charge in [0.2, 0.25) is 5.89 Å². The number of aromatic nitrogens is 1. The Morgan fingerprint density at radius 1 is 1.43 bits per heavy atom. The van der Waals surface area contributed by atoms with Gasteiger partial charge >= 0.3 is 0 Å². The van der Waals surface area contributed by atoms with E-state index in [9.17, 15) is 0 Å². The van der Waals surface area contributed by atoms with Crippen LogP contribution in [0.15, 0.2) is 28.7 Å². The van der Waals surface area contributed by atoms with Gasteiger partial charge in [-0.1, -0.05) is 12.1 Å². The number of para-hydroxylation sites is 2. The van der Waals surface area contributed by atoms with Gasteiger partial charge in [-0.25, -0.2) is 4.98 Å². The van der Waals surface area contributed by atoms with Crippen LogP contribution in [0.2, 0.25) is 0 Å². The zero-order valence-corrected chi connectivity index (χ0v) is 8.17. The standard InChI is InChI=1S/C9H9N3O.ClH/c10-8(11)5-9-12-6-3-1-2-4-7(6)13-9;/h1-4H,5H2,(H3,10,11);1H. The first kappa shape index (κ1) is 10.5. The molecule has 2 aromatic rings. The Morgan fingerprint density at radius 3 is 2.79 bits per heavy atom. The van der Waals surface area contributed by atoms with Crippen molar-refractivity contribution >= 4 is 29.3 Å². The molecule has 0 aliphatic rings. The highest BCUT2D eigenvalue weighted by Crippen LogP contribution is 2.14. The summed E-state index contributed by atoms with van der Waals surface area (Å²) in [6, 6.07) is 7.47. The lowest BCUT2D eigenvalue weighted by molar-refractivity contribution is 0.550. The molecule has 0 saturated heterocycles. The fourth-order valence-corrected chi connectivity index (χ4v) is 1.16. The summed E-state index contributed by atoms with van der Waals surface area (Å²) in [5.74, 6) is 0.556. The quantitative estimate of drug-likeness (QED) is 0.587. The van der Waals surface area contributed by atoms with Gasteiger partial charge in [0.15, 0.2) is 5.58 Å². The van der Waals surface area contributed by atoms with Crippen molar-refractivity contribution in [3.05, 3.63) is 30.2 Å². The molecule has 0 fully saturated rings. The van der Waals surface area contributed by atoms with Gasteiger partial charge < -0.3 is 10.2 Å². The van der Waals surface area contributed by atoms with E-state index in [1.54, 1.807) is 0 Å². The Kier molecular flexibility index (Phi) is 3.09. The average molecular weight is 212 g/mol. The van der Waals surface area contributed by atoms with Crippen molar-refractivity contribution in [3.63, 3.8) is 0 Å². The van der Waals surface area contributed by atoms with Crippen LogP contribution < -0.4 is 5.73 Å². The van der Waals surface area contributed by atoms with E-state index in [2.05, 4.69) is 4.98 Å². The highest BCUT2D eigenvalue weighted by molar-refractivity contribution is 5.85. The average Bonchev–Trinajstić information content (AvgIpc) is 2.44. The van der Waals surface area contributed by atoms with Crippen LogP contribution in [0.4, 0.5) is 0 Å². The van der Waals surface area contributed by atoms with Gasteiger partial charge in [-0.3, -0.25) is 5.41 Å². The maximum atomic E-state index is 7.08. The van der Waals surface area contributed by atoms with E-state index >= 15 is 0 Å². The minimum absolute atomic E-state index is 0. The third kappa shape index (κ3) is 2.03. The Morgan fingerprint density at radius 2 is 2.14 bits per heavy atom. The molecule has 2 rings (SSSR count). The van der Waals surface area contributed by atoms with Crippen molar-refractivity contribution in [2.75, 3.05) is 0 Å². The molecule has 3 N–H and O–H groups in total. The summed E-state index contributed by atoms with van der Waals surface area (Å²) < 4.78 is 5.35. The summed E-state index contributed by atoms with van der Waals surface area (Å²) in [6.45, 7) is 0. The van der Waals surface area contributed by atoms with Crippen LogP contribution in [-0.4, -0.2) is 10.8 Å². The highest BCUT2D eigenvalue weighted by atomic mass is 35.5. The third-order valence-electron chi connectivity index (χ3n) is 1.68. The van der Waals surface area contributed by atoms with E-state index in [4.69, 9.17) is 15.6 Å². The number of nitrogens with two attached hydrogens (primary N) is 1. The predicted octanol–water partition coefficient (Wildman–Crippen LogP) is 1.73. The number of amidine groups is 1.